The van der Waals surface area contributed by atoms with Gasteiger partial charge >= 0.3 is 11.9 Å². The van der Waals surface area contributed by atoms with Crippen LogP contribution in [0.25, 0.3) is 0 Å². The van der Waals surface area contributed by atoms with Gasteiger partial charge in [-0.1, -0.05) is 36.4 Å². The maximum absolute atomic E-state index is 13.3. The van der Waals surface area contributed by atoms with E-state index < -0.39 is 124 Å². The number of methoxy groups -OCH3 is 2. The molecule has 2 fully saturated rings. The first-order valence-corrected chi connectivity index (χ1v) is 16.4. The molecule has 18 heteroatoms. The van der Waals surface area contributed by atoms with Crippen LogP contribution in [0.4, 0.5) is 0 Å². The van der Waals surface area contributed by atoms with Crippen molar-refractivity contribution >= 4 is 11.9 Å². The molecular weight excluding hydrogens is 696 g/mol. The molecule has 0 amide bonds. The summed E-state index contributed by atoms with van der Waals surface area (Å²) in [6, 6.07) is 15.6. The molecule has 14 atom stereocenters. The first kappa shape index (κ1) is 41.6. The Morgan fingerprint density at radius 3 is 1.23 bits per heavy atom. The van der Waals surface area contributed by atoms with Gasteiger partial charge in [-0.3, -0.25) is 0 Å². The van der Waals surface area contributed by atoms with Crippen LogP contribution < -0.4 is 0 Å². The standard InChI is InChI=1S/C34H46O18/c1-45-29(21(49-31(43)17-9-5-3-6-10-17)15-47-33-27(41)25(39)23(37)19(13-35)51-33)30(46-2)22(50-32(44)18-11-7-4-8-12-18)16-48-34-28(42)26(40)24(38)20(14-36)52-34/h3-12,19-30,33-42H,13-16H2,1-2H3/t19-,20-,21-,22-,23-,24-,25+,26+,27-,28-,29-,30-,33-,34-/m1/s1. The number of carbonyl (C=O) groups excluding carboxylic acids is 2. The summed E-state index contributed by atoms with van der Waals surface area (Å²) in [6.45, 7) is -2.70. The van der Waals surface area contributed by atoms with E-state index in [-0.39, 0.29) is 11.1 Å². The van der Waals surface area contributed by atoms with Crippen LogP contribution in [0.1, 0.15) is 20.7 Å². The summed E-state index contributed by atoms with van der Waals surface area (Å²) >= 11 is 0. The summed E-state index contributed by atoms with van der Waals surface area (Å²) in [4.78, 5) is 26.7. The van der Waals surface area contributed by atoms with Gasteiger partial charge in [0.1, 0.15) is 61.0 Å². The molecule has 0 spiro atoms. The summed E-state index contributed by atoms with van der Waals surface area (Å²) in [7, 11) is 2.45. The third kappa shape index (κ3) is 10.1. The molecule has 2 heterocycles. The number of esters is 2. The van der Waals surface area contributed by atoms with E-state index in [0.29, 0.717) is 0 Å². The van der Waals surface area contributed by atoms with Crippen molar-refractivity contribution in [1.82, 2.24) is 0 Å². The van der Waals surface area contributed by atoms with E-state index >= 15 is 0 Å². The highest BCUT2D eigenvalue weighted by molar-refractivity contribution is 5.90. The molecule has 18 nitrogen and oxygen atoms in total. The molecule has 0 unspecified atom stereocenters. The van der Waals surface area contributed by atoms with Crippen LogP contribution in [0.2, 0.25) is 0 Å². The Balaban J connectivity index is 1.64. The van der Waals surface area contributed by atoms with Crippen LogP contribution in [0, 0.1) is 0 Å². The number of carbonyl (C=O) groups is 2. The first-order chi connectivity index (χ1) is 24.9. The largest absolute Gasteiger partial charge is 0.453 e. The lowest BCUT2D eigenvalue weighted by atomic mass is 9.99. The zero-order valence-corrected chi connectivity index (χ0v) is 28.3. The summed E-state index contributed by atoms with van der Waals surface area (Å²) in [6.07, 6.45) is -22.0. The third-order valence-electron chi connectivity index (χ3n) is 8.68. The van der Waals surface area contributed by atoms with Crippen molar-refractivity contribution < 1.29 is 88.3 Å². The van der Waals surface area contributed by atoms with Crippen LogP contribution in [0.3, 0.4) is 0 Å². The zero-order chi connectivity index (χ0) is 37.9. The Kier molecular flexibility index (Phi) is 15.8. The Morgan fingerprint density at radius 1 is 0.577 bits per heavy atom. The number of hydrogen-bond donors (Lipinski definition) is 8. The molecule has 4 rings (SSSR count). The fourth-order valence-corrected chi connectivity index (χ4v) is 5.74. The summed E-state index contributed by atoms with van der Waals surface area (Å²) in [5.41, 5.74) is 0.254. The van der Waals surface area contributed by atoms with Crippen molar-refractivity contribution in [3.63, 3.8) is 0 Å². The van der Waals surface area contributed by atoms with E-state index in [2.05, 4.69) is 0 Å². The van der Waals surface area contributed by atoms with Gasteiger partial charge < -0.3 is 78.7 Å². The molecule has 290 valence electrons. The molecule has 0 aromatic heterocycles. The monoisotopic (exact) mass is 742 g/mol. The highest BCUT2D eigenvalue weighted by Crippen LogP contribution is 2.27. The van der Waals surface area contributed by atoms with Crippen LogP contribution in [0.5, 0.6) is 0 Å². The van der Waals surface area contributed by atoms with Crippen LogP contribution in [0.15, 0.2) is 60.7 Å². The van der Waals surface area contributed by atoms with Gasteiger partial charge in [0.25, 0.3) is 0 Å². The van der Waals surface area contributed by atoms with E-state index in [0.717, 1.165) is 0 Å². The van der Waals surface area contributed by atoms with Gasteiger partial charge in [-0.05, 0) is 24.3 Å². The molecule has 0 radical (unpaired) electrons. The number of hydrogen-bond acceptors (Lipinski definition) is 18. The summed E-state index contributed by atoms with van der Waals surface area (Å²) < 4.78 is 45.5. The van der Waals surface area contributed by atoms with Crippen molar-refractivity contribution in [1.29, 1.82) is 0 Å². The van der Waals surface area contributed by atoms with Gasteiger partial charge in [0, 0.05) is 14.2 Å². The molecule has 2 aromatic carbocycles. The minimum Gasteiger partial charge on any atom is -0.453 e. The van der Waals surface area contributed by atoms with E-state index in [1.807, 2.05) is 0 Å². The molecule has 8 N–H and O–H groups in total. The van der Waals surface area contributed by atoms with E-state index in [4.69, 9.17) is 37.9 Å². The Morgan fingerprint density at radius 2 is 0.923 bits per heavy atom. The fraction of sp³-hybridized carbons (Fsp3) is 0.588. The average Bonchev–Trinajstić information content (AvgIpc) is 3.17. The van der Waals surface area contributed by atoms with Crippen molar-refractivity contribution in [2.45, 2.75) is 85.8 Å². The van der Waals surface area contributed by atoms with Crippen LogP contribution in [-0.4, -0.2) is 179 Å². The van der Waals surface area contributed by atoms with Gasteiger partial charge in [-0.25, -0.2) is 9.59 Å². The topological polar surface area (TPSA) is 270 Å². The Labute approximate surface area is 298 Å². The summed E-state index contributed by atoms with van der Waals surface area (Å²) in [5, 5.41) is 81.3. The van der Waals surface area contributed by atoms with Gasteiger partial charge in [0.2, 0.25) is 0 Å². The number of benzene rings is 2. The smallest absolute Gasteiger partial charge is 0.338 e. The summed E-state index contributed by atoms with van der Waals surface area (Å²) in [5.74, 6) is -1.70. The predicted molar refractivity (Wildman–Crippen MR) is 172 cm³/mol. The zero-order valence-electron chi connectivity index (χ0n) is 28.3. The quantitative estimate of drug-likeness (QED) is 0.0756. The van der Waals surface area contributed by atoms with Crippen molar-refractivity contribution in [3.8, 4) is 0 Å². The number of ether oxygens (including phenoxy) is 8. The minimum absolute atomic E-state index is 0.127. The second-order valence-corrected chi connectivity index (χ2v) is 12.1. The number of aliphatic hydroxyl groups excluding tert-OH is 8. The van der Waals surface area contributed by atoms with Gasteiger partial charge in [0.05, 0.1) is 37.6 Å². The van der Waals surface area contributed by atoms with E-state index in [1.165, 1.54) is 38.5 Å². The molecule has 2 aromatic rings. The molecule has 2 saturated heterocycles. The minimum atomic E-state index is -1.80. The van der Waals surface area contributed by atoms with Gasteiger partial charge in [-0.2, -0.15) is 0 Å². The molecule has 2 aliphatic rings. The second-order valence-electron chi connectivity index (χ2n) is 12.1. The maximum atomic E-state index is 13.3. The second kappa shape index (κ2) is 19.8. The first-order valence-electron chi connectivity index (χ1n) is 16.4. The predicted octanol–water partition coefficient (Wildman–Crippen LogP) is -2.90. The molecule has 0 saturated carbocycles. The van der Waals surface area contributed by atoms with Crippen molar-refractivity contribution in [2.75, 3.05) is 40.6 Å². The average molecular weight is 743 g/mol. The lowest BCUT2D eigenvalue weighted by Crippen LogP contribution is -2.60. The van der Waals surface area contributed by atoms with Gasteiger partial charge in [-0.15, -0.1) is 0 Å². The van der Waals surface area contributed by atoms with E-state index in [9.17, 15) is 50.4 Å². The molecule has 52 heavy (non-hydrogen) atoms. The van der Waals surface area contributed by atoms with Crippen molar-refractivity contribution in [3.05, 3.63) is 71.8 Å². The van der Waals surface area contributed by atoms with Crippen LogP contribution >= 0.6 is 0 Å². The highest BCUT2D eigenvalue weighted by atomic mass is 16.7. The maximum Gasteiger partial charge on any atom is 0.338 e. The van der Waals surface area contributed by atoms with E-state index in [1.54, 1.807) is 36.4 Å². The Bertz CT molecular complexity index is 1260. The molecular formula is C34H46O18. The van der Waals surface area contributed by atoms with Crippen LogP contribution in [-0.2, 0) is 37.9 Å². The number of rotatable bonds is 17. The van der Waals surface area contributed by atoms with Gasteiger partial charge in [0.15, 0.2) is 24.8 Å². The lowest BCUT2D eigenvalue weighted by molar-refractivity contribution is -0.310. The Hall–Kier alpha value is -3.18. The SMILES string of the molecule is CO[C@@H]([C@H](OC)[C@@H](CO[C@@H]1O[C@H](CO)[C@@H](O)[C@H](O)[C@H]1O)OC(=O)c1ccccc1)[C@@H](CO[C@@H]1O[C@H](CO)[C@@H](O)[C@H](O)[C@H]1O)OC(=O)c1ccccc1. The van der Waals surface area contributed by atoms with Crippen molar-refractivity contribution in [2.24, 2.45) is 0 Å². The fourth-order valence-electron chi connectivity index (χ4n) is 5.74. The lowest BCUT2D eigenvalue weighted by Gasteiger charge is -2.41. The molecule has 2 aliphatic heterocycles. The number of aliphatic hydroxyl groups is 8. The molecule has 0 bridgehead atoms. The molecule has 0 aliphatic carbocycles. The normalized spacial score (nSPS) is 31.6. The highest BCUT2D eigenvalue weighted by Gasteiger charge is 2.48. The third-order valence-corrected chi connectivity index (χ3v) is 8.68.